The maximum Gasteiger partial charge on any atom is 0.227 e. The van der Waals surface area contributed by atoms with Crippen LogP contribution in [0.5, 0.6) is 0 Å². The molecule has 62 heavy (non-hydrogen) atoms. The fourth-order valence-electron chi connectivity index (χ4n) is 9.29. The highest BCUT2D eigenvalue weighted by atomic mass is 16.3. The molecule has 0 atom stereocenters. The summed E-state index contributed by atoms with van der Waals surface area (Å²) in [6, 6.07) is 82.5. The summed E-state index contributed by atoms with van der Waals surface area (Å²) in [4.78, 5) is 7.41. The molecule has 0 radical (unpaired) electrons. The number of nitrogens with zero attached hydrogens (tertiary/aromatic N) is 2. The third kappa shape index (κ3) is 6.10. The summed E-state index contributed by atoms with van der Waals surface area (Å²) in [6.07, 6.45) is 0. The standard InChI is InChI=1S/C59H38N2O/c1-2-13-39(14-3-1)43-17-12-18-47(37-43)61(46-32-27-42(28-33-46)56-38-44-16-5-6-19-48(44)51-21-9-11-24-54(51)56)45-30-25-41(26-31-45)49-34-35-55(53-23-10-8-22-52(49)53)59-60-58-50-20-7-4-15-40(50)29-36-57(58)62-59/h1-38H. The van der Waals surface area contributed by atoms with Gasteiger partial charge in [-0.1, -0.05) is 176 Å². The van der Waals surface area contributed by atoms with E-state index < -0.39 is 0 Å². The molecule has 3 nitrogen and oxygen atoms in total. The normalized spacial score (nSPS) is 11.5. The molecule has 0 N–H and O–H groups in total. The summed E-state index contributed by atoms with van der Waals surface area (Å²) in [5.41, 5.74) is 13.0. The van der Waals surface area contributed by atoms with Gasteiger partial charge in [0.05, 0.1) is 0 Å². The molecular formula is C59H38N2O. The second kappa shape index (κ2) is 14.8. The summed E-state index contributed by atoms with van der Waals surface area (Å²) in [7, 11) is 0. The average molecular weight is 791 g/mol. The SMILES string of the molecule is c1ccc(-c2cccc(N(c3ccc(-c4ccc(-c5nc6c(ccc7ccccc76)o5)c5ccccc45)cc3)c3ccc(-c4cc5ccccc5c5ccccc45)cc3)c2)cc1. The van der Waals surface area contributed by atoms with E-state index >= 15 is 0 Å². The predicted octanol–water partition coefficient (Wildman–Crippen LogP) is 16.6. The summed E-state index contributed by atoms with van der Waals surface area (Å²) >= 11 is 0. The lowest BCUT2D eigenvalue weighted by molar-refractivity contribution is 0.620. The zero-order valence-corrected chi connectivity index (χ0v) is 33.7. The maximum atomic E-state index is 6.43. The Labute approximate surface area is 359 Å². The minimum Gasteiger partial charge on any atom is -0.436 e. The van der Waals surface area contributed by atoms with Crippen molar-refractivity contribution >= 4 is 71.3 Å². The molecule has 3 heteroatoms. The topological polar surface area (TPSA) is 29.3 Å². The van der Waals surface area contributed by atoms with Crippen LogP contribution in [0.25, 0.3) is 99.0 Å². The molecule has 0 unspecified atom stereocenters. The first-order valence-corrected chi connectivity index (χ1v) is 21.1. The molecule has 1 aromatic heterocycles. The van der Waals surface area contributed by atoms with Crippen LogP contribution in [0.2, 0.25) is 0 Å². The highest BCUT2D eigenvalue weighted by Gasteiger charge is 2.18. The molecule has 0 saturated heterocycles. The van der Waals surface area contributed by atoms with Crippen LogP contribution in [0.1, 0.15) is 0 Å². The number of hydrogen-bond acceptors (Lipinski definition) is 3. The van der Waals surface area contributed by atoms with Gasteiger partial charge in [-0.25, -0.2) is 4.98 Å². The van der Waals surface area contributed by atoms with Crippen molar-refractivity contribution in [3.63, 3.8) is 0 Å². The van der Waals surface area contributed by atoms with Crippen molar-refractivity contribution in [2.75, 3.05) is 4.90 Å². The van der Waals surface area contributed by atoms with Gasteiger partial charge in [0.15, 0.2) is 5.58 Å². The monoisotopic (exact) mass is 790 g/mol. The molecule has 12 rings (SSSR count). The van der Waals surface area contributed by atoms with Gasteiger partial charge < -0.3 is 9.32 Å². The quantitative estimate of drug-likeness (QED) is 0.151. The Morgan fingerprint density at radius 3 is 1.58 bits per heavy atom. The van der Waals surface area contributed by atoms with E-state index in [4.69, 9.17) is 9.40 Å². The van der Waals surface area contributed by atoms with Crippen molar-refractivity contribution < 1.29 is 4.42 Å². The predicted molar refractivity (Wildman–Crippen MR) is 260 cm³/mol. The Morgan fingerprint density at radius 2 is 0.855 bits per heavy atom. The molecule has 0 amide bonds. The number of aromatic nitrogens is 1. The fraction of sp³-hybridized carbons (Fsp3) is 0. The number of benzene rings is 11. The van der Waals surface area contributed by atoms with Crippen molar-refractivity contribution in [2.45, 2.75) is 0 Å². The largest absolute Gasteiger partial charge is 0.436 e. The van der Waals surface area contributed by atoms with Crippen molar-refractivity contribution in [2.24, 2.45) is 0 Å². The van der Waals surface area contributed by atoms with Crippen LogP contribution >= 0.6 is 0 Å². The lowest BCUT2D eigenvalue weighted by Crippen LogP contribution is -2.10. The average Bonchev–Trinajstić information content (AvgIpc) is 3.79. The number of fused-ring (bicyclic) bond motifs is 7. The van der Waals surface area contributed by atoms with Crippen LogP contribution in [0.15, 0.2) is 235 Å². The molecule has 0 bridgehead atoms. The molecule has 0 saturated carbocycles. The Balaban J connectivity index is 0.945. The number of oxazole rings is 1. The van der Waals surface area contributed by atoms with Gasteiger partial charge in [-0.2, -0.15) is 0 Å². The van der Waals surface area contributed by atoms with Crippen LogP contribution in [0.4, 0.5) is 17.1 Å². The second-order valence-corrected chi connectivity index (χ2v) is 15.9. The molecule has 0 aliphatic carbocycles. The van der Waals surface area contributed by atoms with Crippen molar-refractivity contribution in [1.82, 2.24) is 4.98 Å². The summed E-state index contributed by atoms with van der Waals surface area (Å²) in [5.74, 6) is 0.627. The van der Waals surface area contributed by atoms with Crippen molar-refractivity contribution in [3.05, 3.63) is 231 Å². The molecular weight excluding hydrogens is 753 g/mol. The Morgan fingerprint density at radius 1 is 0.306 bits per heavy atom. The summed E-state index contributed by atoms with van der Waals surface area (Å²) < 4.78 is 6.43. The van der Waals surface area contributed by atoms with Gasteiger partial charge in [-0.3, -0.25) is 0 Å². The number of rotatable bonds is 7. The molecule has 12 aromatic rings. The van der Waals surface area contributed by atoms with Crippen molar-refractivity contribution in [1.29, 1.82) is 0 Å². The van der Waals surface area contributed by atoms with E-state index in [1.54, 1.807) is 0 Å². The fourth-order valence-corrected chi connectivity index (χ4v) is 9.29. The van der Waals surface area contributed by atoms with Crippen LogP contribution in [0, 0.1) is 0 Å². The first kappa shape index (κ1) is 35.7. The van der Waals surface area contributed by atoms with Crippen LogP contribution < -0.4 is 4.90 Å². The van der Waals surface area contributed by atoms with Crippen LogP contribution in [-0.2, 0) is 0 Å². The number of anilines is 3. The Kier molecular flexibility index (Phi) is 8.50. The highest BCUT2D eigenvalue weighted by molar-refractivity contribution is 6.14. The molecule has 290 valence electrons. The van der Waals surface area contributed by atoms with E-state index in [1.165, 1.54) is 43.8 Å². The Hall–Kier alpha value is -8.27. The van der Waals surface area contributed by atoms with Crippen LogP contribution in [0.3, 0.4) is 0 Å². The maximum absolute atomic E-state index is 6.43. The van der Waals surface area contributed by atoms with Gasteiger partial charge in [0.25, 0.3) is 0 Å². The number of hydrogen-bond donors (Lipinski definition) is 0. The van der Waals surface area contributed by atoms with Crippen molar-refractivity contribution in [3.8, 4) is 44.8 Å². The molecule has 1 heterocycles. The molecule has 0 aliphatic rings. The lowest BCUT2D eigenvalue weighted by Gasteiger charge is -2.26. The Bertz CT molecular complexity index is 3630. The molecule has 0 fully saturated rings. The van der Waals surface area contributed by atoms with E-state index in [9.17, 15) is 0 Å². The van der Waals surface area contributed by atoms with Gasteiger partial charge in [-0.05, 0) is 126 Å². The highest BCUT2D eigenvalue weighted by Crippen LogP contribution is 2.42. The van der Waals surface area contributed by atoms with Gasteiger partial charge in [-0.15, -0.1) is 0 Å². The van der Waals surface area contributed by atoms with E-state index in [2.05, 4.69) is 229 Å². The third-order valence-corrected chi connectivity index (χ3v) is 12.3. The second-order valence-electron chi connectivity index (χ2n) is 15.9. The third-order valence-electron chi connectivity index (χ3n) is 12.3. The first-order chi connectivity index (χ1) is 30.7. The summed E-state index contributed by atoms with van der Waals surface area (Å²) in [6.45, 7) is 0. The van der Waals surface area contributed by atoms with Crippen LogP contribution in [-0.4, -0.2) is 4.98 Å². The molecule has 11 aromatic carbocycles. The first-order valence-electron chi connectivity index (χ1n) is 21.1. The lowest BCUT2D eigenvalue weighted by atomic mass is 9.93. The van der Waals surface area contributed by atoms with E-state index in [0.29, 0.717) is 5.89 Å². The molecule has 0 aliphatic heterocycles. The molecule has 0 spiro atoms. The smallest absolute Gasteiger partial charge is 0.227 e. The van der Waals surface area contributed by atoms with Gasteiger partial charge in [0, 0.05) is 28.0 Å². The van der Waals surface area contributed by atoms with E-state index in [-0.39, 0.29) is 0 Å². The van der Waals surface area contributed by atoms with Gasteiger partial charge in [0.1, 0.15) is 5.52 Å². The van der Waals surface area contributed by atoms with E-state index in [1.807, 2.05) is 6.07 Å². The zero-order valence-electron chi connectivity index (χ0n) is 33.7. The van der Waals surface area contributed by atoms with E-state index in [0.717, 1.165) is 66.4 Å². The zero-order chi connectivity index (χ0) is 41.0. The van der Waals surface area contributed by atoms with Gasteiger partial charge >= 0.3 is 0 Å². The summed E-state index contributed by atoms with van der Waals surface area (Å²) in [5, 5.41) is 9.53. The van der Waals surface area contributed by atoms with Gasteiger partial charge in [0.2, 0.25) is 5.89 Å². The minimum absolute atomic E-state index is 0.627. The minimum atomic E-state index is 0.627.